The summed E-state index contributed by atoms with van der Waals surface area (Å²) in [6.07, 6.45) is 1.15. The lowest BCUT2D eigenvalue weighted by atomic mass is 10.1. The Balaban J connectivity index is 2.07. The predicted molar refractivity (Wildman–Crippen MR) is 62.3 cm³/mol. The third-order valence-electron chi connectivity index (χ3n) is 3.32. The number of carbonyl (C=O) groups is 1. The number of phenolic OH excluding ortho intramolecular Hbond substituents is 1. The van der Waals surface area contributed by atoms with E-state index in [0.29, 0.717) is 18.4 Å². The summed E-state index contributed by atoms with van der Waals surface area (Å²) in [5.74, 6) is 0.128. The first kappa shape index (κ1) is 11.9. The van der Waals surface area contributed by atoms with Crippen molar-refractivity contribution in [2.45, 2.75) is 13.3 Å². The summed E-state index contributed by atoms with van der Waals surface area (Å²) < 4.78 is 12.8. The summed E-state index contributed by atoms with van der Waals surface area (Å²) in [6.45, 7) is 2.84. The summed E-state index contributed by atoms with van der Waals surface area (Å²) >= 11 is 0. The molecular formula is C13H16FNO2. The molecule has 0 aliphatic heterocycles. The molecule has 2 unspecified atom stereocenters. The number of benzene rings is 1. The lowest BCUT2D eigenvalue weighted by molar-refractivity contribution is 0.0784. The average Bonchev–Trinajstić information content (AvgIpc) is 2.93. The van der Waals surface area contributed by atoms with Crippen LogP contribution in [-0.2, 0) is 0 Å². The van der Waals surface area contributed by atoms with Crippen molar-refractivity contribution in [1.29, 1.82) is 0 Å². The Hall–Kier alpha value is -1.58. The molecule has 0 spiro atoms. The zero-order valence-corrected chi connectivity index (χ0v) is 9.98. The first-order valence-electron chi connectivity index (χ1n) is 5.73. The number of hydrogen-bond acceptors (Lipinski definition) is 2. The van der Waals surface area contributed by atoms with Gasteiger partial charge in [0.1, 0.15) is 11.6 Å². The van der Waals surface area contributed by atoms with Crippen molar-refractivity contribution in [3.8, 4) is 5.75 Å². The molecule has 1 aromatic carbocycles. The molecule has 3 nitrogen and oxygen atoms in total. The summed E-state index contributed by atoms with van der Waals surface area (Å²) in [5.41, 5.74) is 0.155. The van der Waals surface area contributed by atoms with E-state index in [4.69, 9.17) is 0 Å². The van der Waals surface area contributed by atoms with Crippen LogP contribution in [0.4, 0.5) is 4.39 Å². The van der Waals surface area contributed by atoms with Gasteiger partial charge < -0.3 is 10.0 Å². The van der Waals surface area contributed by atoms with Gasteiger partial charge in [-0.3, -0.25) is 4.79 Å². The minimum Gasteiger partial charge on any atom is -0.507 e. The van der Waals surface area contributed by atoms with Crippen LogP contribution in [0.1, 0.15) is 23.7 Å². The fourth-order valence-electron chi connectivity index (χ4n) is 1.98. The number of phenols is 1. The highest BCUT2D eigenvalue weighted by Crippen LogP contribution is 2.38. The van der Waals surface area contributed by atoms with Crippen LogP contribution in [0.5, 0.6) is 5.75 Å². The van der Waals surface area contributed by atoms with E-state index in [9.17, 15) is 14.3 Å². The number of nitrogens with zero attached hydrogens (tertiary/aromatic N) is 1. The van der Waals surface area contributed by atoms with Gasteiger partial charge in [-0.1, -0.05) is 6.92 Å². The quantitative estimate of drug-likeness (QED) is 0.876. The molecule has 1 aromatic rings. The molecule has 17 heavy (non-hydrogen) atoms. The number of amides is 1. The fraction of sp³-hybridized carbons (Fsp3) is 0.462. The van der Waals surface area contributed by atoms with E-state index in [0.717, 1.165) is 12.5 Å². The minimum atomic E-state index is -0.544. The molecule has 0 radical (unpaired) electrons. The van der Waals surface area contributed by atoms with Crippen molar-refractivity contribution in [3.63, 3.8) is 0 Å². The second-order valence-corrected chi connectivity index (χ2v) is 4.82. The Morgan fingerprint density at radius 3 is 2.76 bits per heavy atom. The second-order valence-electron chi connectivity index (χ2n) is 4.82. The summed E-state index contributed by atoms with van der Waals surface area (Å²) in [6, 6.07) is 3.46. The largest absolute Gasteiger partial charge is 0.507 e. The van der Waals surface area contributed by atoms with Crippen molar-refractivity contribution in [2.75, 3.05) is 13.6 Å². The Morgan fingerprint density at radius 2 is 2.24 bits per heavy atom. The predicted octanol–water partition coefficient (Wildman–Crippen LogP) is 2.26. The molecule has 2 atom stereocenters. The summed E-state index contributed by atoms with van der Waals surface area (Å²) in [4.78, 5) is 13.6. The first-order valence-corrected chi connectivity index (χ1v) is 5.73. The molecule has 1 saturated carbocycles. The average molecular weight is 237 g/mol. The number of halogens is 1. The van der Waals surface area contributed by atoms with Crippen molar-refractivity contribution in [2.24, 2.45) is 11.8 Å². The number of carbonyl (C=O) groups excluding carboxylic acids is 1. The second kappa shape index (κ2) is 4.35. The fourth-order valence-corrected chi connectivity index (χ4v) is 1.98. The van der Waals surface area contributed by atoms with Gasteiger partial charge in [-0.25, -0.2) is 4.39 Å². The van der Waals surface area contributed by atoms with Gasteiger partial charge in [0.05, 0.1) is 5.56 Å². The van der Waals surface area contributed by atoms with Gasteiger partial charge in [-0.15, -0.1) is 0 Å². The van der Waals surface area contributed by atoms with E-state index in [2.05, 4.69) is 6.92 Å². The minimum absolute atomic E-state index is 0.155. The number of hydrogen-bond donors (Lipinski definition) is 1. The molecule has 2 rings (SSSR count). The molecule has 0 aromatic heterocycles. The third-order valence-corrected chi connectivity index (χ3v) is 3.32. The molecule has 1 N–H and O–H groups in total. The van der Waals surface area contributed by atoms with Crippen molar-refractivity contribution in [3.05, 3.63) is 29.6 Å². The molecule has 4 heteroatoms. The van der Waals surface area contributed by atoms with Crippen molar-refractivity contribution < 1.29 is 14.3 Å². The number of rotatable bonds is 3. The summed E-state index contributed by atoms with van der Waals surface area (Å²) in [5, 5.41) is 9.52. The Bertz CT molecular complexity index is 447. The van der Waals surface area contributed by atoms with Gasteiger partial charge >= 0.3 is 0 Å². The molecule has 1 aliphatic carbocycles. The van der Waals surface area contributed by atoms with Crippen LogP contribution >= 0.6 is 0 Å². The van der Waals surface area contributed by atoms with E-state index in [-0.39, 0.29) is 17.2 Å². The van der Waals surface area contributed by atoms with Gasteiger partial charge in [0.15, 0.2) is 0 Å². The highest BCUT2D eigenvalue weighted by molar-refractivity contribution is 5.96. The van der Waals surface area contributed by atoms with Crippen LogP contribution in [0.2, 0.25) is 0 Å². The standard InChI is InChI=1S/C13H16FNO2/c1-8-5-9(8)7-15(2)13(17)11-4-3-10(14)6-12(11)16/h3-4,6,8-9,16H,5,7H2,1-2H3. The van der Waals surface area contributed by atoms with Crippen LogP contribution in [0.3, 0.4) is 0 Å². The lowest BCUT2D eigenvalue weighted by Gasteiger charge is -2.17. The highest BCUT2D eigenvalue weighted by atomic mass is 19.1. The molecule has 0 saturated heterocycles. The Morgan fingerprint density at radius 1 is 1.59 bits per heavy atom. The van der Waals surface area contributed by atoms with E-state index in [1.54, 1.807) is 11.9 Å². The molecule has 1 aliphatic rings. The first-order chi connectivity index (χ1) is 7.99. The highest BCUT2D eigenvalue weighted by Gasteiger charge is 2.34. The maximum atomic E-state index is 12.8. The maximum absolute atomic E-state index is 12.8. The molecule has 92 valence electrons. The smallest absolute Gasteiger partial charge is 0.257 e. The lowest BCUT2D eigenvalue weighted by Crippen LogP contribution is -2.29. The molecule has 0 bridgehead atoms. The van der Waals surface area contributed by atoms with Gasteiger partial charge in [0, 0.05) is 19.7 Å². The third kappa shape index (κ3) is 2.57. The Labute approximate surface area is 99.9 Å². The van der Waals surface area contributed by atoms with Crippen LogP contribution in [0, 0.1) is 17.7 Å². The van der Waals surface area contributed by atoms with Gasteiger partial charge in [-0.05, 0) is 30.4 Å². The van der Waals surface area contributed by atoms with E-state index in [1.807, 2.05) is 0 Å². The van der Waals surface area contributed by atoms with Crippen LogP contribution < -0.4 is 0 Å². The van der Waals surface area contributed by atoms with E-state index >= 15 is 0 Å². The van der Waals surface area contributed by atoms with E-state index in [1.165, 1.54) is 12.1 Å². The van der Waals surface area contributed by atoms with Crippen LogP contribution in [0.15, 0.2) is 18.2 Å². The molecule has 0 heterocycles. The number of aromatic hydroxyl groups is 1. The SMILES string of the molecule is CC1CC1CN(C)C(=O)c1ccc(F)cc1O. The van der Waals surface area contributed by atoms with Gasteiger partial charge in [-0.2, -0.15) is 0 Å². The molecule has 1 fully saturated rings. The summed E-state index contributed by atoms with van der Waals surface area (Å²) in [7, 11) is 1.70. The normalized spacial score (nSPS) is 22.3. The van der Waals surface area contributed by atoms with Gasteiger partial charge in [0.2, 0.25) is 0 Å². The molecule has 1 amide bonds. The zero-order chi connectivity index (χ0) is 12.6. The van der Waals surface area contributed by atoms with Crippen molar-refractivity contribution in [1.82, 2.24) is 4.90 Å². The zero-order valence-electron chi connectivity index (χ0n) is 9.98. The van der Waals surface area contributed by atoms with E-state index < -0.39 is 5.82 Å². The van der Waals surface area contributed by atoms with Crippen LogP contribution in [-0.4, -0.2) is 29.5 Å². The molecular weight excluding hydrogens is 221 g/mol. The maximum Gasteiger partial charge on any atom is 0.257 e. The topological polar surface area (TPSA) is 40.5 Å². The van der Waals surface area contributed by atoms with Gasteiger partial charge in [0.25, 0.3) is 5.91 Å². The monoisotopic (exact) mass is 237 g/mol. The van der Waals surface area contributed by atoms with Crippen molar-refractivity contribution >= 4 is 5.91 Å². The Kier molecular flexibility index (Phi) is 3.05. The van der Waals surface area contributed by atoms with Crippen LogP contribution in [0.25, 0.3) is 0 Å².